The zero-order valence-electron chi connectivity index (χ0n) is 9.31. The fourth-order valence-corrected chi connectivity index (χ4v) is 2.79. The number of rotatable bonds is 1. The fraction of sp³-hybridized carbons (Fsp3) is 0.182. The topological polar surface area (TPSA) is 43.6 Å². The third-order valence-electron chi connectivity index (χ3n) is 2.49. The number of aromatic nitrogens is 4. The van der Waals surface area contributed by atoms with E-state index in [-0.39, 0.29) is 5.28 Å². The van der Waals surface area contributed by atoms with Crippen LogP contribution >= 0.6 is 22.9 Å². The van der Waals surface area contributed by atoms with E-state index in [1.54, 1.807) is 16.0 Å². The van der Waals surface area contributed by atoms with E-state index in [0.717, 1.165) is 27.4 Å². The van der Waals surface area contributed by atoms with E-state index >= 15 is 0 Å². The Morgan fingerprint density at radius 2 is 2.12 bits per heavy atom. The second kappa shape index (κ2) is 3.78. The highest BCUT2D eigenvalue weighted by atomic mass is 35.5. The van der Waals surface area contributed by atoms with E-state index in [9.17, 15) is 0 Å². The summed E-state index contributed by atoms with van der Waals surface area (Å²) >= 11 is 7.48. The Kier molecular flexibility index (Phi) is 2.38. The number of thiophene rings is 1. The van der Waals surface area contributed by atoms with E-state index in [2.05, 4.69) is 15.1 Å². The van der Waals surface area contributed by atoms with Crippen LogP contribution in [0.4, 0.5) is 0 Å². The highest BCUT2D eigenvalue weighted by molar-refractivity contribution is 7.16. The van der Waals surface area contributed by atoms with E-state index in [1.165, 1.54) is 0 Å². The second-order valence-corrected chi connectivity index (χ2v) is 5.03. The van der Waals surface area contributed by atoms with Crippen LogP contribution in [0.2, 0.25) is 5.28 Å². The maximum atomic E-state index is 5.93. The summed E-state index contributed by atoms with van der Waals surface area (Å²) < 4.78 is 1.80. The molecule has 0 aliphatic heterocycles. The molecule has 3 aromatic heterocycles. The Balaban J connectivity index is 2.36. The number of hydrogen-bond donors (Lipinski definition) is 0. The predicted molar refractivity (Wildman–Crippen MR) is 69.0 cm³/mol. The second-order valence-electron chi connectivity index (χ2n) is 3.79. The van der Waals surface area contributed by atoms with E-state index in [4.69, 9.17) is 11.6 Å². The molecule has 0 unspecified atom stereocenters. The van der Waals surface area contributed by atoms with Gasteiger partial charge >= 0.3 is 0 Å². The Morgan fingerprint density at radius 1 is 1.29 bits per heavy atom. The van der Waals surface area contributed by atoms with Crippen LogP contribution in [-0.2, 0) is 0 Å². The first kappa shape index (κ1) is 10.7. The van der Waals surface area contributed by atoms with E-state index in [0.29, 0.717) is 0 Å². The van der Waals surface area contributed by atoms with Crippen molar-refractivity contribution in [2.75, 3.05) is 0 Å². The number of halogens is 1. The van der Waals surface area contributed by atoms with Gasteiger partial charge in [0.05, 0.1) is 11.1 Å². The first-order chi connectivity index (χ1) is 8.15. The lowest BCUT2D eigenvalue weighted by molar-refractivity contribution is 0.811. The lowest BCUT2D eigenvalue weighted by Gasteiger charge is -2.04. The summed E-state index contributed by atoms with van der Waals surface area (Å²) in [6, 6.07) is 4.00. The minimum Gasteiger partial charge on any atom is -0.219 e. The van der Waals surface area contributed by atoms with Gasteiger partial charge < -0.3 is 0 Å². The van der Waals surface area contributed by atoms with Crippen LogP contribution < -0.4 is 0 Å². The number of hydrogen-bond acceptors (Lipinski definition) is 4. The summed E-state index contributed by atoms with van der Waals surface area (Å²) in [5, 5.41) is 7.63. The SMILES string of the molecule is Cc1cc(C)n(-c2nc(Cl)nc3sccc23)n1. The fourth-order valence-electron chi connectivity index (χ4n) is 1.82. The number of nitrogens with zero attached hydrogens (tertiary/aromatic N) is 4. The van der Waals surface area contributed by atoms with E-state index < -0.39 is 0 Å². The molecule has 3 heterocycles. The van der Waals surface area contributed by atoms with Gasteiger partial charge in [0.2, 0.25) is 5.28 Å². The van der Waals surface area contributed by atoms with Crippen molar-refractivity contribution in [2.24, 2.45) is 0 Å². The average Bonchev–Trinajstić information content (AvgIpc) is 2.83. The Morgan fingerprint density at radius 3 is 2.82 bits per heavy atom. The van der Waals surface area contributed by atoms with Gasteiger partial charge in [-0.1, -0.05) is 0 Å². The molecule has 0 N–H and O–H groups in total. The monoisotopic (exact) mass is 264 g/mol. The standard InChI is InChI=1S/C11H9ClN4S/c1-6-5-7(2)16(15-6)9-8-3-4-17-10(8)14-11(12)13-9/h3-5H,1-2H3. The minimum absolute atomic E-state index is 0.252. The zero-order chi connectivity index (χ0) is 12.0. The maximum absolute atomic E-state index is 5.93. The molecule has 0 fully saturated rings. The molecule has 0 spiro atoms. The Hall–Kier alpha value is -1.46. The molecular formula is C11H9ClN4S. The van der Waals surface area contributed by atoms with Gasteiger partial charge in [-0.15, -0.1) is 11.3 Å². The molecule has 0 saturated carbocycles. The first-order valence-electron chi connectivity index (χ1n) is 5.09. The Bertz CT molecular complexity index is 701. The van der Waals surface area contributed by atoms with Gasteiger partial charge in [0, 0.05) is 5.69 Å². The highest BCUT2D eigenvalue weighted by Crippen LogP contribution is 2.26. The van der Waals surface area contributed by atoms with Gasteiger partial charge in [0.15, 0.2) is 5.82 Å². The third-order valence-corrected chi connectivity index (χ3v) is 3.46. The molecule has 0 amide bonds. The summed E-state index contributed by atoms with van der Waals surface area (Å²) in [6.07, 6.45) is 0. The van der Waals surface area contributed by atoms with Crippen LogP contribution in [0.15, 0.2) is 17.5 Å². The molecule has 0 atom stereocenters. The van der Waals surface area contributed by atoms with Crippen LogP contribution in [0, 0.1) is 13.8 Å². The quantitative estimate of drug-likeness (QED) is 0.634. The van der Waals surface area contributed by atoms with E-state index in [1.807, 2.05) is 31.4 Å². The molecule has 3 aromatic rings. The molecule has 3 rings (SSSR count). The smallest absolute Gasteiger partial charge is 0.219 e. The summed E-state index contributed by atoms with van der Waals surface area (Å²) in [7, 11) is 0. The van der Waals surface area contributed by atoms with Crippen molar-refractivity contribution < 1.29 is 0 Å². The molecule has 0 radical (unpaired) electrons. The van der Waals surface area contributed by atoms with Crippen molar-refractivity contribution in [1.82, 2.24) is 19.7 Å². The molecular weight excluding hydrogens is 256 g/mol. The molecule has 0 aliphatic carbocycles. The van der Waals surface area contributed by atoms with Crippen LogP contribution in [0.25, 0.3) is 16.0 Å². The molecule has 86 valence electrons. The van der Waals surface area contributed by atoms with Crippen LogP contribution in [0.5, 0.6) is 0 Å². The van der Waals surface area contributed by atoms with Crippen LogP contribution in [-0.4, -0.2) is 19.7 Å². The van der Waals surface area contributed by atoms with Gasteiger partial charge in [-0.25, -0.2) is 9.67 Å². The summed E-state index contributed by atoms with van der Waals surface area (Å²) in [5.74, 6) is 0.742. The lowest BCUT2D eigenvalue weighted by Crippen LogP contribution is -2.03. The molecule has 0 aromatic carbocycles. The van der Waals surface area contributed by atoms with Crippen molar-refractivity contribution in [3.05, 3.63) is 34.2 Å². The Labute approximate surface area is 107 Å². The largest absolute Gasteiger partial charge is 0.225 e. The lowest BCUT2D eigenvalue weighted by atomic mass is 10.3. The molecule has 6 heteroatoms. The summed E-state index contributed by atoms with van der Waals surface area (Å²) in [4.78, 5) is 9.35. The van der Waals surface area contributed by atoms with Gasteiger partial charge in [-0.2, -0.15) is 10.1 Å². The van der Waals surface area contributed by atoms with Crippen molar-refractivity contribution in [1.29, 1.82) is 0 Å². The number of aryl methyl sites for hydroxylation is 2. The summed E-state index contributed by atoms with van der Waals surface area (Å²) in [6.45, 7) is 3.95. The van der Waals surface area contributed by atoms with Crippen molar-refractivity contribution in [3.63, 3.8) is 0 Å². The first-order valence-corrected chi connectivity index (χ1v) is 6.35. The average molecular weight is 265 g/mol. The molecule has 0 aliphatic rings. The van der Waals surface area contributed by atoms with Gasteiger partial charge in [-0.05, 0) is 43.0 Å². The normalized spacial score (nSPS) is 11.2. The van der Waals surface area contributed by atoms with Crippen LogP contribution in [0.1, 0.15) is 11.4 Å². The molecule has 0 bridgehead atoms. The molecule has 0 saturated heterocycles. The van der Waals surface area contributed by atoms with Gasteiger partial charge in [-0.3, -0.25) is 0 Å². The van der Waals surface area contributed by atoms with Crippen molar-refractivity contribution >= 4 is 33.2 Å². The molecule has 17 heavy (non-hydrogen) atoms. The third kappa shape index (κ3) is 1.71. The number of fused-ring (bicyclic) bond motifs is 1. The maximum Gasteiger partial charge on any atom is 0.225 e. The predicted octanol–water partition coefficient (Wildman–Crippen LogP) is 3.15. The minimum atomic E-state index is 0.252. The van der Waals surface area contributed by atoms with Crippen LogP contribution in [0.3, 0.4) is 0 Å². The summed E-state index contributed by atoms with van der Waals surface area (Å²) in [5.41, 5.74) is 1.99. The van der Waals surface area contributed by atoms with Gasteiger partial charge in [0.1, 0.15) is 4.83 Å². The zero-order valence-corrected chi connectivity index (χ0v) is 10.9. The van der Waals surface area contributed by atoms with Crippen molar-refractivity contribution in [2.45, 2.75) is 13.8 Å². The molecule has 4 nitrogen and oxygen atoms in total. The highest BCUT2D eigenvalue weighted by Gasteiger charge is 2.12. The van der Waals surface area contributed by atoms with Crippen molar-refractivity contribution in [3.8, 4) is 5.82 Å². The van der Waals surface area contributed by atoms with Gasteiger partial charge in [0.25, 0.3) is 0 Å².